The summed E-state index contributed by atoms with van der Waals surface area (Å²) in [4.78, 5) is 2.96. The van der Waals surface area contributed by atoms with Gasteiger partial charge in [-0.05, 0) is 48.5 Å². The summed E-state index contributed by atoms with van der Waals surface area (Å²) in [6.07, 6.45) is -0.869. The van der Waals surface area contributed by atoms with Gasteiger partial charge in [0.1, 0.15) is 0 Å². The first kappa shape index (κ1) is 10.8. The molecular formula is C14H14O2S3. The summed E-state index contributed by atoms with van der Waals surface area (Å²) >= 11 is 1.50. The molecule has 0 aliphatic rings. The lowest BCUT2D eigenvalue weighted by molar-refractivity contribution is 0.686. The van der Waals surface area contributed by atoms with Crippen LogP contribution in [-0.2, 0) is 21.6 Å². The Morgan fingerprint density at radius 2 is 1.26 bits per heavy atom. The van der Waals surface area contributed by atoms with Gasteiger partial charge in [-0.25, -0.2) is 0 Å². The van der Waals surface area contributed by atoms with Crippen molar-refractivity contribution in [3.05, 3.63) is 48.5 Å². The molecule has 0 fully saturated rings. The Morgan fingerprint density at radius 3 is 1.63 bits per heavy atom. The zero-order valence-corrected chi connectivity index (χ0v) is 12.6. The minimum absolute atomic E-state index is 0.293. The van der Waals surface area contributed by atoms with Gasteiger partial charge in [-0.1, -0.05) is 11.8 Å². The average Bonchev–Trinajstić information content (AvgIpc) is 2.47. The minimum atomic E-state index is -2.50. The van der Waals surface area contributed by atoms with Crippen LogP contribution < -0.4 is 0 Å². The van der Waals surface area contributed by atoms with Gasteiger partial charge in [-0.2, -0.15) is 0 Å². The van der Waals surface area contributed by atoms with Crippen molar-refractivity contribution in [2.24, 2.45) is 0 Å². The molecule has 0 saturated heterocycles. The molecule has 2 nitrogen and oxygen atoms in total. The van der Waals surface area contributed by atoms with E-state index in [1.54, 1.807) is 30.5 Å². The molecule has 0 aromatic heterocycles. The summed E-state index contributed by atoms with van der Waals surface area (Å²) in [6, 6.07) is 14.0. The van der Waals surface area contributed by atoms with E-state index in [1.165, 1.54) is 11.8 Å². The Kier molecular flexibility index (Phi) is 3.70. The lowest BCUT2D eigenvalue weighted by Crippen LogP contribution is -1.87. The summed E-state index contributed by atoms with van der Waals surface area (Å²) in [5, 5.41) is 0. The summed E-state index contributed by atoms with van der Waals surface area (Å²) in [7, 11) is -3.00. The van der Waals surface area contributed by atoms with Crippen molar-refractivity contribution in [3.63, 3.8) is 0 Å². The van der Waals surface area contributed by atoms with Crippen molar-refractivity contribution in [1.29, 1.82) is 0 Å². The monoisotopic (exact) mass is 313 g/mol. The number of rotatable bonds is 4. The first-order valence-corrected chi connectivity index (χ1v) is 8.93. The highest BCUT2D eigenvalue weighted by atomic mass is 32.2. The minimum Gasteiger partial charge on any atom is -0.255 e. The second-order valence-electron chi connectivity index (χ2n) is 3.77. The van der Waals surface area contributed by atoms with E-state index in [0.29, 0.717) is 4.90 Å². The molecule has 0 aliphatic carbocycles. The maximum Gasteiger partial charge on any atom is 0.0498 e. The van der Waals surface area contributed by atoms with Crippen LogP contribution in [0.15, 0.2) is 68.1 Å². The summed E-state index contributed by atoms with van der Waals surface area (Å²) in [6.45, 7) is 0. The van der Waals surface area contributed by atoms with Crippen molar-refractivity contribution in [3.8, 4) is 0 Å². The SMILES string of the molecule is [2H]C([2H])([2H])S(=O)c1ccc(Sc2ccc(S(C)=O)cc2)cc1. The average molecular weight is 313 g/mol. The van der Waals surface area contributed by atoms with Gasteiger partial charge in [0.15, 0.2) is 0 Å². The first-order chi connectivity index (χ1) is 10.3. The van der Waals surface area contributed by atoms with Crippen LogP contribution in [0.5, 0.6) is 0 Å². The van der Waals surface area contributed by atoms with Gasteiger partial charge >= 0.3 is 0 Å². The summed E-state index contributed by atoms with van der Waals surface area (Å²) in [5.41, 5.74) is 0. The van der Waals surface area contributed by atoms with Gasteiger partial charge in [0, 0.05) is 57.7 Å². The molecule has 2 rings (SSSR count). The highest BCUT2D eigenvalue weighted by Gasteiger charge is 2.01. The van der Waals surface area contributed by atoms with Crippen LogP contribution in [0, 0.1) is 0 Å². The second-order valence-corrected chi connectivity index (χ2v) is 7.30. The maximum absolute atomic E-state index is 11.8. The largest absolute Gasteiger partial charge is 0.255 e. The van der Waals surface area contributed by atoms with E-state index >= 15 is 0 Å². The molecule has 2 atom stereocenters. The molecule has 5 heteroatoms. The third-order valence-electron chi connectivity index (χ3n) is 2.43. The molecule has 0 spiro atoms. The fraction of sp³-hybridized carbons (Fsp3) is 0.143. The van der Waals surface area contributed by atoms with Gasteiger partial charge in [-0.15, -0.1) is 0 Å². The van der Waals surface area contributed by atoms with E-state index in [4.69, 9.17) is 4.11 Å². The molecule has 0 heterocycles. The van der Waals surface area contributed by atoms with E-state index in [9.17, 15) is 8.42 Å². The predicted molar refractivity (Wildman–Crippen MR) is 81.7 cm³/mol. The van der Waals surface area contributed by atoms with Crippen molar-refractivity contribution in [2.75, 3.05) is 12.4 Å². The summed E-state index contributed by atoms with van der Waals surface area (Å²) < 4.78 is 44.6. The van der Waals surface area contributed by atoms with Crippen LogP contribution in [0.4, 0.5) is 0 Å². The lowest BCUT2D eigenvalue weighted by atomic mass is 10.4. The standard InChI is InChI=1S/C14H14O2S3/c1-18(15)13-7-3-11(4-8-13)17-12-5-9-14(10-6-12)19(2)16/h3-10H,1-2H3/i1D3. The molecule has 100 valence electrons. The molecule has 2 aromatic rings. The Labute approximate surface area is 126 Å². The van der Waals surface area contributed by atoms with E-state index in [2.05, 4.69) is 0 Å². The van der Waals surface area contributed by atoms with Gasteiger partial charge < -0.3 is 0 Å². The van der Waals surface area contributed by atoms with Crippen LogP contribution in [-0.4, -0.2) is 20.9 Å². The highest BCUT2D eigenvalue weighted by Crippen LogP contribution is 2.28. The van der Waals surface area contributed by atoms with Crippen molar-refractivity contribution in [1.82, 2.24) is 0 Å². The molecule has 2 aromatic carbocycles. The zero-order valence-electron chi connectivity index (χ0n) is 13.2. The van der Waals surface area contributed by atoms with Gasteiger partial charge in [-0.3, -0.25) is 8.42 Å². The Hall–Kier alpha value is -0.910. The van der Waals surface area contributed by atoms with Crippen LogP contribution in [0.1, 0.15) is 4.11 Å². The normalized spacial score (nSPS) is 17.0. The van der Waals surface area contributed by atoms with Crippen molar-refractivity contribution < 1.29 is 12.5 Å². The number of hydrogen-bond donors (Lipinski definition) is 0. The lowest BCUT2D eigenvalue weighted by Gasteiger charge is -2.03. The highest BCUT2D eigenvalue weighted by molar-refractivity contribution is 7.99. The van der Waals surface area contributed by atoms with E-state index in [-0.39, 0.29) is 0 Å². The molecule has 0 saturated carbocycles. The zero-order chi connectivity index (χ0) is 16.3. The third-order valence-corrected chi connectivity index (χ3v) is 5.08. The fourth-order valence-corrected chi connectivity index (χ4v) is 3.19. The Morgan fingerprint density at radius 1 is 0.842 bits per heavy atom. The molecular weight excluding hydrogens is 296 g/mol. The topological polar surface area (TPSA) is 34.1 Å². The molecule has 2 unspecified atom stereocenters. The van der Waals surface area contributed by atoms with Gasteiger partial charge in [0.2, 0.25) is 0 Å². The Bertz CT molecular complexity index is 695. The fourth-order valence-electron chi connectivity index (χ4n) is 1.47. The Balaban J connectivity index is 2.11. The summed E-state index contributed by atoms with van der Waals surface area (Å²) in [5.74, 6) is 0. The predicted octanol–water partition coefficient (Wildman–Crippen LogP) is 3.31. The molecule has 0 aliphatic heterocycles. The smallest absolute Gasteiger partial charge is 0.0498 e. The molecule has 19 heavy (non-hydrogen) atoms. The third kappa shape index (κ3) is 4.03. The van der Waals surface area contributed by atoms with Crippen LogP contribution in [0.25, 0.3) is 0 Å². The second kappa shape index (κ2) is 6.50. The molecule has 0 amide bonds. The van der Waals surface area contributed by atoms with Crippen LogP contribution in [0.3, 0.4) is 0 Å². The molecule has 0 bridgehead atoms. The molecule has 0 radical (unpaired) electrons. The van der Waals surface area contributed by atoms with Crippen molar-refractivity contribution in [2.45, 2.75) is 19.6 Å². The van der Waals surface area contributed by atoms with Gasteiger partial charge in [0.05, 0.1) is 0 Å². The van der Waals surface area contributed by atoms with E-state index in [0.717, 1.165) is 14.7 Å². The van der Waals surface area contributed by atoms with Gasteiger partial charge in [0.25, 0.3) is 0 Å². The quantitative estimate of drug-likeness (QED) is 0.868. The van der Waals surface area contributed by atoms with E-state index in [1.807, 2.05) is 24.3 Å². The maximum atomic E-state index is 11.8. The molecule has 0 N–H and O–H groups in total. The van der Waals surface area contributed by atoms with Crippen molar-refractivity contribution >= 4 is 33.4 Å². The number of hydrogen-bond acceptors (Lipinski definition) is 3. The first-order valence-electron chi connectivity index (χ1n) is 6.90. The van der Waals surface area contributed by atoms with E-state index < -0.39 is 27.8 Å². The van der Waals surface area contributed by atoms with Crippen LogP contribution >= 0.6 is 11.8 Å². The van der Waals surface area contributed by atoms with Crippen LogP contribution in [0.2, 0.25) is 0 Å². The number of benzene rings is 2.